The van der Waals surface area contributed by atoms with Crippen molar-refractivity contribution in [2.45, 2.75) is 23.7 Å². The molecule has 8 heteroatoms. The molecule has 0 saturated heterocycles. The zero-order chi connectivity index (χ0) is 21.1. The Kier molecular flexibility index (Phi) is 5.87. The molecule has 0 aromatic heterocycles. The molecule has 6 nitrogen and oxygen atoms in total. The number of nitro benzene ring substituents is 1. The average molecular weight is 426 g/mol. The third-order valence-corrected chi connectivity index (χ3v) is 6.27. The van der Waals surface area contributed by atoms with E-state index in [9.17, 15) is 18.7 Å². The number of halogens is 1. The highest BCUT2D eigenvalue weighted by atomic mass is 32.2. The standard InChI is InChI=1S/C22H19FN2O4S/c23-17-9-10-20-16(14-17)13-15(18-5-1-3-7-21(18)29-20)11-12-24-30(28)22-8-4-2-6-19(22)25(26)27/h1-10,14-15,24H,11-13H2. The highest BCUT2D eigenvalue weighted by Crippen LogP contribution is 2.40. The number of benzene rings is 3. The number of nitrogens with one attached hydrogen (secondary N) is 1. The molecule has 2 unspecified atom stereocenters. The quantitative estimate of drug-likeness (QED) is 0.450. The van der Waals surface area contributed by atoms with Crippen LogP contribution in [-0.2, 0) is 17.4 Å². The van der Waals surface area contributed by atoms with Gasteiger partial charge in [0.2, 0.25) is 0 Å². The monoisotopic (exact) mass is 426 g/mol. The molecule has 0 spiro atoms. The van der Waals surface area contributed by atoms with E-state index in [0.29, 0.717) is 30.9 Å². The molecule has 0 amide bonds. The van der Waals surface area contributed by atoms with Gasteiger partial charge in [0.15, 0.2) is 0 Å². The van der Waals surface area contributed by atoms with E-state index in [0.717, 1.165) is 11.1 Å². The lowest BCUT2D eigenvalue weighted by Crippen LogP contribution is -2.21. The summed E-state index contributed by atoms with van der Waals surface area (Å²) in [5.41, 5.74) is 1.59. The fraction of sp³-hybridized carbons (Fsp3) is 0.182. The minimum Gasteiger partial charge on any atom is -0.457 e. The number of nitro groups is 1. The van der Waals surface area contributed by atoms with Gasteiger partial charge in [-0.2, -0.15) is 0 Å². The fourth-order valence-electron chi connectivity index (χ4n) is 3.64. The second-order valence-electron chi connectivity index (χ2n) is 6.97. The number of rotatable bonds is 6. The fourth-order valence-corrected chi connectivity index (χ4v) is 4.63. The minimum atomic E-state index is -1.71. The smallest absolute Gasteiger partial charge is 0.286 e. The van der Waals surface area contributed by atoms with Gasteiger partial charge >= 0.3 is 0 Å². The summed E-state index contributed by atoms with van der Waals surface area (Å²) < 4.78 is 35.2. The van der Waals surface area contributed by atoms with Crippen LogP contribution in [0.15, 0.2) is 71.6 Å². The third-order valence-electron chi connectivity index (χ3n) is 5.06. The molecule has 154 valence electrons. The molecular weight excluding hydrogens is 407 g/mol. The lowest BCUT2D eigenvalue weighted by molar-refractivity contribution is -0.387. The largest absolute Gasteiger partial charge is 0.457 e. The van der Waals surface area contributed by atoms with Crippen molar-refractivity contribution in [1.29, 1.82) is 0 Å². The molecule has 0 bridgehead atoms. The minimum absolute atomic E-state index is 0.0134. The molecule has 1 heterocycles. The van der Waals surface area contributed by atoms with Crippen LogP contribution in [0.25, 0.3) is 0 Å². The lowest BCUT2D eigenvalue weighted by Gasteiger charge is -2.17. The van der Waals surface area contributed by atoms with Crippen molar-refractivity contribution in [1.82, 2.24) is 4.72 Å². The zero-order valence-corrected chi connectivity index (χ0v) is 16.7. The van der Waals surface area contributed by atoms with E-state index in [1.54, 1.807) is 12.1 Å². The van der Waals surface area contributed by atoms with E-state index in [-0.39, 0.29) is 22.3 Å². The van der Waals surface area contributed by atoms with Gasteiger partial charge in [-0.1, -0.05) is 30.3 Å². The summed E-state index contributed by atoms with van der Waals surface area (Å²) >= 11 is 0. The Hall–Kier alpha value is -3.10. The SMILES string of the molecule is O=[N+]([O-])c1ccccc1S(=O)NCCC1Cc2cc(F)ccc2Oc2ccccc21. The van der Waals surface area contributed by atoms with Crippen molar-refractivity contribution in [3.05, 3.63) is 93.8 Å². The van der Waals surface area contributed by atoms with Gasteiger partial charge in [0.1, 0.15) is 33.2 Å². The van der Waals surface area contributed by atoms with Crippen molar-refractivity contribution in [3.63, 3.8) is 0 Å². The second-order valence-corrected chi connectivity index (χ2v) is 8.24. The predicted octanol–water partition coefficient (Wildman–Crippen LogP) is 4.87. The molecule has 1 aliphatic rings. The van der Waals surface area contributed by atoms with Crippen LogP contribution in [0.5, 0.6) is 11.5 Å². The van der Waals surface area contributed by atoms with Crippen LogP contribution >= 0.6 is 0 Å². The Labute approximate surface area is 175 Å². The maximum Gasteiger partial charge on any atom is 0.286 e. The first-order chi connectivity index (χ1) is 14.5. The van der Waals surface area contributed by atoms with Gasteiger partial charge in [-0.15, -0.1) is 0 Å². The number of hydrogen-bond acceptors (Lipinski definition) is 4. The predicted molar refractivity (Wildman–Crippen MR) is 111 cm³/mol. The van der Waals surface area contributed by atoms with Crippen LogP contribution < -0.4 is 9.46 Å². The summed E-state index contributed by atoms with van der Waals surface area (Å²) in [5.74, 6) is 1.03. The number of nitrogens with zero attached hydrogens (tertiary/aromatic N) is 1. The molecule has 4 rings (SSSR count). The first-order valence-corrected chi connectivity index (χ1v) is 10.6. The van der Waals surface area contributed by atoms with E-state index in [1.807, 2.05) is 24.3 Å². The summed E-state index contributed by atoms with van der Waals surface area (Å²) in [6, 6.07) is 18.1. The Morgan fingerprint density at radius 2 is 1.87 bits per heavy atom. The second kappa shape index (κ2) is 8.73. The molecule has 3 aromatic rings. The van der Waals surface area contributed by atoms with E-state index < -0.39 is 15.9 Å². The van der Waals surface area contributed by atoms with Gasteiger partial charge in [0.25, 0.3) is 5.69 Å². The Balaban J connectivity index is 1.51. The topological polar surface area (TPSA) is 81.5 Å². The first kappa shape index (κ1) is 20.2. The first-order valence-electron chi connectivity index (χ1n) is 9.47. The molecule has 0 aliphatic carbocycles. The van der Waals surface area contributed by atoms with Crippen LogP contribution in [0.1, 0.15) is 23.5 Å². The molecule has 0 fully saturated rings. The number of fused-ring (bicyclic) bond motifs is 2. The highest BCUT2D eigenvalue weighted by molar-refractivity contribution is 7.83. The van der Waals surface area contributed by atoms with E-state index >= 15 is 0 Å². The summed E-state index contributed by atoms with van der Waals surface area (Å²) in [6.45, 7) is 0.363. The van der Waals surface area contributed by atoms with Crippen molar-refractivity contribution in [2.24, 2.45) is 0 Å². The van der Waals surface area contributed by atoms with Crippen molar-refractivity contribution in [3.8, 4) is 11.5 Å². The molecule has 1 N–H and O–H groups in total. The maximum absolute atomic E-state index is 13.8. The van der Waals surface area contributed by atoms with Crippen LogP contribution in [0.3, 0.4) is 0 Å². The van der Waals surface area contributed by atoms with Crippen molar-refractivity contribution >= 4 is 16.7 Å². The summed E-state index contributed by atoms with van der Waals surface area (Å²) in [7, 11) is -1.71. The third kappa shape index (κ3) is 4.24. The summed E-state index contributed by atoms with van der Waals surface area (Å²) in [6.07, 6.45) is 1.17. The molecule has 0 saturated carbocycles. The van der Waals surface area contributed by atoms with Gasteiger partial charge in [-0.25, -0.2) is 13.3 Å². The van der Waals surface area contributed by atoms with E-state index in [1.165, 1.54) is 30.3 Å². The van der Waals surface area contributed by atoms with Crippen LogP contribution in [0.4, 0.5) is 10.1 Å². The van der Waals surface area contributed by atoms with Crippen molar-refractivity contribution in [2.75, 3.05) is 6.54 Å². The van der Waals surface area contributed by atoms with Gasteiger partial charge < -0.3 is 4.74 Å². The van der Waals surface area contributed by atoms with Gasteiger partial charge in [-0.3, -0.25) is 10.1 Å². The van der Waals surface area contributed by atoms with Gasteiger partial charge in [-0.05, 0) is 60.2 Å². The normalized spacial score (nSPS) is 16.0. The maximum atomic E-state index is 13.8. The molecule has 0 radical (unpaired) electrons. The van der Waals surface area contributed by atoms with E-state index in [2.05, 4.69) is 4.72 Å². The van der Waals surface area contributed by atoms with Crippen molar-refractivity contribution < 1.29 is 18.3 Å². The molecule has 30 heavy (non-hydrogen) atoms. The lowest BCUT2D eigenvalue weighted by atomic mass is 9.89. The highest BCUT2D eigenvalue weighted by Gasteiger charge is 2.24. The Morgan fingerprint density at radius 3 is 2.70 bits per heavy atom. The molecule has 3 aromatic carbocycles. The number of hydrogen-bond donors (Lipinski definition) is 1. The zero-order valence-electron chi connectivity index (χ0n) is 15.9. The van der Waals surface area contributed by atoms with E-state index in [4.69, 9.17) is 4.74 Å². The molecule has 1 aliphatic heterocycles. The number of ether oxygens (including phenoxy) is 1. The summed E-state index contributed by atoms with van der Waals surface area (Å²) in [5, 5.41) is 11.2. The van der Waals surface area contributed by atoms with Crippen LogP contribution in [0.2, 0.25) is 0 Å². The average Bonchev–Trinajstić information content (AvgIpc) is 2.90. The van der Waals surface area contributed by atoms with Gasteiger partial charge in [0, 0.05) is 12.6 Å². The van der Waals surface area contributed by atoms with Crippen LogP contribution in [-0.4, -0.2) is 15.7 Å². The molecular formula is C22H19FN2O4S. The Bertz CT molecular complexity index is 1120. The molecule has 2 atom stereocenters. The van der Waals surface area contributed by atoms with Gasteiger partial charge in [0.05, 0.1) is 4.92 Å². The summed E-state index contributed by atoms with van der Waals surface area (Å²) in [4.78, 5) is 10.8. The van der Waals surface area contributed by atoms with Crippen LogP contribution in [0, 0.1) is 15.9 Å². The number of para-hydroxylation sites is 2. The Morgan fingerprint density at radius 1 is 1.10 bits per heavy atom.